The van der Waals surface area contributed by atoms with Crippen molar-refractivity contribution in [3.05, 3.63) is 5.69 Å². The summed E-state index contributed by atoms with van der Waals surface area (Å²) in [5, 5.41) is 4.55. The van der Waals surface area contributed by atoms with E-state index in [1.54, 1.807) is 0 Å². The van der Waals surface area contributed by atoms with Crippen LogP contribution in [0.3, 0.4) is 0 Å². The van der Waals surface area contributed by atoms with Crippen molar-refractivity contribution in [3.8, 4) is 0 Å². The molecule has 2 fully saturated rings. The molecule has 1 aromatic heterocycles. The zero-order chi connectivity index (χ0) is 14.4. The van der Waals surface area contributed by atoms with E-state index < -0.39 is 0 Å². The molecule has 110 valence electrons. The van der Waals surface area contributed by atoms with E-state index in [1.165, 1.54) is 0 Å². The summed E-state index contributed by atoms with van der Waals surface area (Å²) in [4.78, 5) is 16.1. The molecule has 0 saturated carbocycles. The van der Waals surface area contributed by atoms with Crippen LogP contribution in [0.15, 0.2) is 0 Å². The van der Waals surface area contributed by atoms with Crippen molar-refractivity contribution in [2.75, 3.05) is 30.3 Å². The van der Waals surface area contributed by atoms with Gasteiger partial charge in [-0.05, 0) is 27.2 Å². The van der Waals surface area contributed by atoms with Crippen molar-refractivity contribution >= 4 is 17.4 Å². The molecular formula is C14H23N5O. The number of hydrogen-bond acceptors (Lipinski definition) is 4. The largest absolute Gasteiger partial charge is 0.394 e. The highest BCUT2D eigenvalue weighted by atomic mass is 16.2. The third-order valence-corrected chi connectivity index (χ3v) is 4.39. The molecule has 0 bridgehead atoms. The molecule has 1 atom stereocenters. The Morgan fingerprint density at radius 3 is 2.80 bits per heavy atom. The zero-order valence-electron chi connectivity index (χ0n) is 12.5. The second kappa shape index (κ2) is 4.68. The third-order valence-electron chi connectivity index (χ3n) is 4.39. The van der Waals surface area contributed by atoms with E-state index in [9.17, 15) is 4.79 Å². The Bertz CT molecular complexity index is 536. The highest BCUT2D eigenvalue weighted by Crippen LogP contribution is 2.33. The molecule has 20 heavy (non-hydrogen) atoms. The summed E-state index contributed by atoms with van der Waals surface area (Å²) in [6.07, 6.45) is 1.65. The van der Waals surface area contributed by atoms with Crippen LogP contribution in [-0.2, 0) is 4.79 Å². The highest BCUT2D eigenvalue weighted by Gasteiger charge is 2.37. The van der Waals surface area contributed by atoms with E-state index >= 15 is 0 Å². The van der Waals surface area contributed by atoms with Crippen molar-refractivity contribution in [1.82, 2.24) is 14.7 Å². The Kier molecular flexibility index (Phi) is 3.11. The van der Waals surface area contributed by atoms with Gasteiger partial charge in [-0.1, -0.05) is 0 Å². The number of nitrogens with zero attached hydrogens (tertiary/aromatic N) is 4. The summed E-state index contributed by atoms with van der Waals surface area (Å²) in [6, 6.07) is 0.621. The van der Waals surface area contributed by atoms with Gasteiger partial charge in [0.25, 0.3) is 0 Å². The van der Waals surface area contributed by atoms with Crippen molar-refractivity contribution in [2.45, 2.75) is 45.7 Å². The Morgan fingerprint density at radius 1 is 1.35 bits per heavy atom. The van der Waals surface area contributed by atoms with Gasteiger partial charge in [0.05, 0.1) is 11.4 Å². The minimum absolute atomic E-state index is 0.282. The SMILES string of the molecule is Cc1nn(C(C)C)c(N2CCN3C(=O)CCC3C2)c1N. The van der Waals surface area contributed by atoms with Gasteiger partial charge in [-0.2, -0.15) is 5.10 Å². The van der Waals surface area contributed by atoms with Crippen molar-refractivity contribution in [3.63, 3.8) is 0 Å². The number of rotatable bonds is 2. The number of carbonyl (C=O) groups excluding carboxylic acids is 1. The molecule has 6 heteroatoms. The number of nitrogen functional groups attached to an aromatic ring is 1. The Hall–Kier alpha value is -1.72. The van der Waals surface area contributed by atoms with Crippen LogP contribution in [0.25, 0.3) is 0 Å². The van der Waals surface area contributed by atoms with Crippen LogP contribution in [0.4, 0.5) is 11.5 Å². The molecular weight excluding hydrogens is 254 g/mol. The average Bonchev–Trinajstić information content (AvgIpc) is 2.92. The normalized spacial score (nSPS) is 22.8. The van der Waals surface area contributed by atoms with E-state index in [4.69, 9.17) is 5.73 Å². The minimum Gasteiger partial charge on any atom is -0.394 e. The van der Waals surface area contributed by atoms with Crippen LogP contribution < -0.4 is 10.6 Å². The maximum absolute atomic E-state index is 11.8. The average molecular weight is 277 g/mol. The Morgan fingerprint density at radius 2 is 2.10 bits per heavy atom. The van der Waals surface area contributed by atoms with Crippen LogP contribution in [0, 0.1) is 6.92 Å². The first-order valence-corrected chi connectivity index (χ1v) is 7.38. The topological polar surface area (TPSA) is 67.4 Å². The summed E-state index contributed by atoms with van der Waals surface area (Å²) in [5.41, 5.74) is 7.89. The number of hydrogen-bond donors (Lipinski definition) is 1. The quantitative estimate of drug-likeness (QED) is 0.881. The predicted molar refractivity (Wildman–Crippen MR) is 78.7 cm³/mol. The molecule has 0 aliphatic carbocycles. The summed E-state index contributed by atoms with van der Waals surface area (Å²) in [6.45, 7) is 8.69. The van der Waals surface area contributed by atoms with Gasteiger partial charge in [0.2, 0.25) is 5.91 Å². The molecule has 6 nitrogen and oxygen atoms in total. The number of nitrogens with two attached hydrogens (primary N) is 1. The standard InChI is InChI=1S/C14H23N5O/c1-9(2)19-14(13(15)10(3)16-19)17-6-7-18-11(8-17)4-5-12(18)20/h9,11H,4-8,15H2,1-3H3. The predicted octanol–water partition coefficient (Wildman–Crippen LogP) is 1.17. The molecule has 1 aromatic rings. The molecule has 3 rings (SSSR count). The number of anilines is 2. The van der Waals surface area contributed by atoms with Crippen molar-refractivity contribution < 1.29 is 4.79 Å². The van der Waals surface area contributed by atoms with Crippen LogP contribution in [-0.4, -0.2) is 46.3 Å². The first-order chi connectivity index (χ1) is 9.49. The first kappa shape index (κ1) is 13.3. The second-order valence-corrected chi connectivity index (χ2v) is 6.09. The fourth-order valence-electron chi connectivity index (χ4n) is 3.28. The second-order valence-electron chi connectivity index (χ2n) is 6.09. The summed E-state index contributed by atoms with van der Waals surface area (Å²) in [5.74, 6) is 1.33. The summed E-state index contributed by atoms with van der Waals surface area (Å²) in [7, 11) is 0. The number of piperazine rings is 1. The highest BCUT2D eigenvalue weighted by molar-refractivity contribution is 5.79. The van der Waals surface area contributed by atoms with E-state index in [0.29, 0.717) is 18.4 Å². The van der Waals surface area contributed by atoms with Gasteiger partial charge in [0.1, 0.15) is 0 Å². The van der Waals surface area contributed by atoms with Crippen molar-refractivity contribution in [1.29, 1.82) is 0 Å². The fraction of sp³-hybridized carbons (Fsp3) is 0.714. The summed E-state index contributed by atoms with van der Waals surface area (Å²) >= 11 is 0. The maximum atomic E-state index is 11.8. The maximum Gasteiger partial charge on any atom is 0.223 e. The van der Waals surface area contributed by atoms with Crippen molar-refractivity contribution in [2.24, 2.45) is 0 Å². The number of aryl methyl sites for hydroxylation is 1. The molecule has 2 aliphatic rings. The van der Waals surface area contributed by atoms with Gasteiger partial charge in [0, 0.05) is 38.1 Å². The molecule has 0 aromatic carbocycles. The number of amides is 1. The summed E-state index contributed by atoms with van der Waals surface area (Å²) < 4.78 is 2.01. The molecule has 2 N–H and O–H groups in total. The molecule has 1 amide bonds. The monoisotopic (exact) mass is 277 g/mol. The van der Waals surface area contributed by atoms with Crippen LogP contribution >= 0.6 is 0 Å². The minimum atomic E-state index is 0.282. The van der Waals surface area contributed by atoms with Gasteiger partial charge < -0.3 is 15.5 Å². The lowest BCUT2D eigenvalue weighted by Gasteiger charge is -2.39. The van der Waals surface area contributed by atoms with E-state index in [0.717, 1.165) is 43.3 Å². The molecule has 2 saturated heterocycles. The van der Waals surface area contributed by atoms with Gasteiger partial charge in [-0.3, -0.25) is 4.79 Å². The first-order valence-electron chi connectivity index (χ1n) is 7.38. The zero-order valence-corrected chi connectivity index (χ0v) is 12.5. The van der Waals surface area contributed by atoms with E-state index in [1.807, 2.05) is 16.5 Å². The van der Waals surface area contributed by atoms with Gasteiger partial charge in [0.15, 0.2) is 5.82 Å². The van der Waals surface area contributed by atoms with Crippen LogP contribution in [0.5, 0.6) is 0 Å². The fourth-order valence-corrected chi connectivity index (χ4v) is 3.28. The molecule has 1 unspecified atom stereocenters. The molecule has 0 spiro atoms. The van der Waals surface area contributed by atoms with E-state index in [-0.39, 0.29) is 6.04 Å². The molecule has 0 radical (unpaired) electrons. The lowest BCUT2D eigenvalue weighted by atomic mass is 10.1. The molecule has 3 heterocycles. The lowest BCUT2D eigenvalue weighted by molar-refractivity contribution is -0.129. The number of aromatic nitrogens is 2. The smallest absolute Gasteiger partial charge is 0.223 e. The van der Waals surface area contributed by atoms with Crippen LogP contribution in [0.2, 0.25) is 0 Å². The number of fused-ring (bicyclic) bond motifs is 1. The third kappa shape index (κ3) is 1.94. The van der Waals surface area contributed by atoms with Crippen LogP contribution in [0.1, 0.15) is 38.4 Å². The Balaban J connectivity index is 1.89. The van der Waals surface area contributed by atoms with E-state index in [2.05, 4.69) is 23.8 Å². The Labute approximate surface area is 119 Å². The van der Waals surface area contributed by atoms with Gasteiger partial charge >= 0.3 is 0 Å². The van der Waals surface area contributed by atoms with Gasteiger partial charge in [-0.25, -0.2) is 4.68 Å². The number of carbonyl (C=O) groups is 1. The lowest BCUT2D eigenvalue weighted by Crippen LogP contribution is -2.52. The van der Waals surface area contributed by atoms with Gasteiger partial charge in [-0.15, -0.1) is 0 Å². The molecule has 2 aliphatic heterocycles.